The van der Waals surface area contributed by atoms with E-state index in [1.165, 1.54) is 0 Å². The number of pyridine rings is 1. The quantitative estimate of drug-likeness (QED) is 0.721. The fourth-order valence-corrected chi connectivity index (χ4v) is 4.48. The van der Waals surface area contributed by atoms with Gasteiger partial charge >= 0.3 is 0 Å². The Bertz CT molecular complexity index is 1010. The lowest BCUT2D eigenvalue weighted by Gasteiger charge is -2.43. The van der Waals surface area contributed by atoms with Crippen molar-refractivity contribution in [2.24, 2.45) is 5.92 Å². The number of hydrogen-bond acceptors (Lipinski definition) is 5. The lowest BCUT2D eigenvalue weighted by Crippen LogP contribution is -2.56. The van der Waals surface area contributed by atoms with E-state index in [2.05, 4.69) is 15.6 Å². The zero-order valence-electron chi connectivity index (χ0n) is 17.9. The summed E-state index contributed by atoms with van der Waals surface area (Å²) in [6.45, 7) is 3.61. The summed E-state index contributed by atoms with van der Waals surface area (Å²) in [7, 11) is 1.72. The van der Waals surface area contributed by atoms with Crippen molar-refractivity contribution in [3.63, 3.8) is 0 Å². The highest BCUT2D eigenvalue weighted by atomic mass is 35.5. The number of likely N-dealkylation sites (N-methyl/N-ethyl adjacent to an activating group) is 1. The van der Waals surface area contributed by atoms with Crippen molar-refractivity contribution in [1.82, 2.24) is 10.3 Å². The van der Waals surface area contributed by atoms with Crippen molar-refractivity contribution >= 4 is 40.6 Å². The van der Waals surface area contributed by atoms with E-state index >= 15 is 0 Å². The molecule has 8 heteroatoms. The van der Waals surface area contributed by atoms with Crippen molar-refractivity contribution in [1.29, 1.82) is 0 Å². The van der Waals surface area contributed by atoms with Crippen molar-refractivity contribution in [3.05, 3.63) is 41.4 Å². The topological polar surface area (TPSA) is 83.6 Å². The molecule has 0 saturated heterocycles. The number of ether oxygens (including phenoxy) is 1. The number of rotatable bonds is 5. The summed E-state index contributed by atoms with van der Waals surface area (Å²) in [5.74, 6) is 0.465. The molecule has 1 aliphatic carbocycles. The Morgan fingerprint density at radius 1 is 1.29 bits per heavy atom. The smallest absolute Gasteiger partial charge is 0.275 e. The number of amides is 2. The van der Waals surface area contributed by atoms with E-state index in [-0.39, 0.29) is 23.8 Å². The molecule has 2 heterocycles. The van der Waals surface area contributed by atoms with Gasteiger partial charge in [-0.1, -0.05) is 30.5 Å². The molecule has 4 rings (SSSR count). The molecule has 2 amide bonds. The van der Waals surface area contributed by atoms with Gasteiger partial charge in [0.15, 0.2) is 5.60 Å². The first-order valence-electron chi connectivity index (χ1n) is 10.6. The van der Waals surface area contributed by atoms with E-state index in [0.29, 0.717) is 28.1 Å². The largest absolute Gasteiger partial charge is 0.459 e. The van der Waals surface area contributed by atoms with Crippen molar-refractivity contribution in [2.75, 3.05) is 17.3 Å². The molecule has 7 nitrogen and oxygen atoms in total. The van der Waals surface area contributed by atoms with Crippen molar-refractivity contribution < 1.29 is 14.3 Å². The van der Waals surface area contributed by atoms with Gasteiger partial charge in [0.2, 0.25) is 11.8 Å². The molecule has 2 atom stereocenters. The molecule has 1 saturated carbocycles. The third-order valence-corrected chi connectivity index (χ3v) is 6.53. The van der Waals surface area contributed by atoms with Gasteiger partial charge in [-0.15, -0.1) is 0 Å². The molecule has 1 fully saturated rings. The molecular weight excluding hydrogens is 416 g/mol. The van der Waals surface area contributed by atoms with Gasteiger partial charge in [0, 0.05) is 10.9 Å². The highest BCUT2D eigenvalue weighted by Gasteiger charge is 2.51. The van der Waals surface area contributed by atoms with Gasteiger partial charge in [-0.2, -0.15) is 4.98 Å². The van der Waals surface area contributed by atoms with Crippen LogP contribution < -0.4 is 20.3 Å². The Labute approximate surface area is 187 Å². The predicted molar refractivity (Wildman–Crippen MR) is 121 cm³/mol. The van der Waals surface area contributed by atoms with Crippen LogP contribution in [0.15, 0.2) is 36.4 Å². The molecule has 2 N–H and O–H groups in total. The zero-order chi connectivity index (χ0) is 22.2. The monoisotopic (exact) mass is 442 g/mol. The highest BCUT2D eigenvalue weighted by Crippen LogP contribution is 2.47. The van der Waals surface area contributed by atoms with Crippen LogP contribution >= 0.6 is 11.6 Å². The first-order chi connectivity index (χ1) is 14.8. The number of carbonyl (C=O) groups is 2. The average Bonchev–Trinajstić information content (AvgIpc) is 3.30. The van der Waals surface area contributed by atoms with Gasteiger partial charge in [-0.3, -0.25) is 14.5 Å². The van der Waals surface area contributed by atoms with Gasteiger partial charge in [-0.25, -0.2) is 0 Å². The van der Waals surface area contributed by atoms with E-state index in [1.807, 2.05) is 19.1 Å². The Hall–Kier alpha value is -2.64. The Morgan fingerprint density at radius 2 is 2.03 bits per heavy atom. The number of nitrogens with zero attached hydrogens (tertiary/aromatic N) is 2. The minimum atomic E-state index is -1.04. The molecule has 2 unspecified atom stereocenters. The molecule has 2 aromatic rings. The van der Waals surface area contributed by atoms with E-state index < -0.39 is 5.60 Å². The zero-order valence-corrected chi connectivity index (χ0v) is 18.7. The van der Waals surface area contributed by atoms with Crippen LogP contribution in [0, 0.1) is 5.92 Å². The summed E-state index contributed by atoms with van der Waals surface area (Å²) < 4.78 is 6.30. The van der Waals surface area contributed by atoms with Gasteiger partial charge in [0.1, 0.15) is 11.5 Å². The fourth-order valence-electron chi connectivity index (χ4n) is 4.30. The summed E-state index contributed by atoms with van der Waals surface area (Å²) >= 11 is 6.22. The molecule has 1 aromatic heterocycles. The van der Waals surface area contributed by atoms with Gasteiger partial charge in [0.05, 0.1) is 11.7 Å². The molecular formula is C23H27ClN4O3. The third-order valence-electron chi connectivity index (χ3n) is 6.30. The molecule has 2 aliphatic rings. The van der Waals surface area contributed by atoms with E-state index in [9.17, 15) is 9.59 Å². The number of nitrogens with one attached hydrogen (secondary N) is 2. The van der Waals surface area contributed by atoms with Gasteiger partial charge in [-0.05, 0) is 64.1 Å². The minimum absolute atomic E-state index is 0.0965. The number of fused-ring (bicyclic) bond motifs is 1. The Kier molecular flexibility index (Phi) is 5.90. The van der Waals surface area contributed by atoms with Crippen LogP contribution in [0.4, 0.5) is 17.2 Å². The van der Waals surface area contributed by atoms with Crippen LogP contribution in [-0.2, 0) is 9.59 Å². The standard InChI is InChI=1S/C23H27ClN4O3/c1-14(25-3)20(29)26-19-12-11-18-21(27-19)31-23(2,15-7-4-5-8-15)22(30)28(18)17-10-6-9-16(24)13-17/h6,9-15,25H,4-5,7-8H2,1-3H3,(H,26,27,29). The SMILES string of the molecule is CNC(C)C(=O)Nc1ccc2c(n1)OC(C)(C1CCCC1)C(=O)N2c1cccc(Cl)c1. The number of benzene rings is 1. The van der Waals surface area contributed by atoms with Crippen molar-refractivity contribution in [3.8, 4) is 5.88 Å². The lowest BCUT2D eigenvalue weighted by molar-refractivity contribution is -0.138. The van der Waals surface area contributed by atoms with Crippen LogP contribution in [0.1, 0.15) is 39.5 Å². The van der Waals surface area contributed by atoms with Crippen LogP contribution in [0.2, 0.25) is 5.02 Å². The second-order valence-electron chi connectivity index (χ2n) is 8.33. The van der Waals surface area contributed by atoms with Crippen LogP contribution in [0.5, 0.6) is 5.88 Å². The Morgan fingerprint density at radius 3 is 2.71 bits per heavy atom. The molecule has 31 heavy (non-hydrogen) atoms. The predicted octanol–water partition coefficient (Wildman–Crippen LogP) is 4.29. The molecule has 0 spiro atoms. The Balaban J connectivity index is 1.77. The molecule has 0 bridgehead atoms. The number of hydrogen-bond donors (Lipinski definition) is 2. The molecule has 0 radical (unpaired) electrons. The van der Waals surface area contributed by atoms with Crippen LogP contribution in [0.3, 0.4) is 0 Å². The highest BCUT2D eigenvalue weighted by molar-refractivity contribution is 6.31. The molecule has 164 valence electrons. The maximum atomic E-state index is 13.8. The van der Waals surface area contributed by atoms with Crippen LogP contribution in [0.25, 0.3) is 0 Å². The number of carbonyl (C=O) groups excluding carboxylic acids is 2. The van der Waals surface area contributed by atoms with Gasteiger partial charge in [0.25, 0.3) is 5.91 Å². The second-order valence-corrected chi connectivity index (χ2v) is 8.77. The summed E-state index contributed by atoms with van der Waals surface area (Å²) in [4.78, 5) is 32.2. The summed E-state index contributed by atoms with van der Waals surface area (Å²) in [5, 5.41) is 6.24. The maximum absolute atomic E-state index is 13.8. The van der Waals surface area contributed by atoms with Crippen LogP contribution in [-0.4, -0.2) is 35.5 Å². The maximum Gasteiger partial charge on any atom is 0.275 e. The third kappa shape index (κ3) is 4.00. The number of anilines is 3. The summed E-state index contributed by atoms with van der Waals surface area (Å²) in [6, 6.07) is 10.2. The first kappa shape index (κ1) is 21.6. The summed E-state index contributed by atoms with van der Waals surface area (Å²) in [6.07, 6.45) is 4.01. The van der Waals surface area contributed by atoms with E-state index in [4.69, 9.17) is 16.3 Å². The van der Waals surface area contributed by atoms with E-state index in [0.717, 1.165) is 25.7 Å². The number of halogens is 1. The molecule has 1 aliphatic heterocycles. The minimum Gasteiger partial charge on any atom is -0.459 e. The number of aromatic nitrogens is 1. The molecule has 1 aromatic carbocycles. The van der Waals surface area contributed by atoms with E-state index in [1.54, 1.807) is 43.1 Å². The first-order valence-corrected chi connectivity index (χ1v) is 11.0. The lowest BCUT2D eigenvalue weighted by atomic mass is 9.85. The van der Waals surface area contributed by atoms with Gasteiger partial charge < -0.3 is 15.4 Å². The fraction of sp³-hybridized carbons (Fsp3) is 0.435. The average molecular weight is 443 g/mol. The van der Waals surface area contributed by atoms with Crippen molar-refractivity contribution in [2.45, 2.75) is 51.2 Å². The second kappa shape index (κ2) is 8.48. The normalized spacial score (nSPS) is 22.1. The summed E-state index contributed by atoms with van der Waals surface area (Å²) in [5.41, 5.74) is 0.149.